The predicted octanol–water partition coefficient (Wildman–Crippen LogP) is 4.81. The van der Waals surface area contributed by atoms with Crippen molar-refractivity contribution in [1.82, 2.24) is 5.32 Å². The van der Waals surface area contributed by atoms with Gasteiger partial charge in [-0.2, -0.15) is 0 Å². The lowest BCUT2D eigenvalue weighted by Gasteiger charge is -2.14. The van der Waals surface area contributed by atoms with Gasteiger partial charge in [-0.3, -0.25) is 0 Å². The number of urea groups is 1. The SMILES string of the molecule is CC(C)Cc1c(O)cccc1CNC(=O)Nc1ccc(OC(F)(F)F)cc1. The van der Waals surface area contributed by atoms with E-state index in [1.54, 1.807) is 12.1 Å². The largest absolute Gasteiger partial charge is 0.573 e. The Labute approximate surface area is 155 Å². The zero-order valence-electron chi connectivity index (χ0n) is 14.9. The summed E-state index contributed by atoms with van der Waals surface area (Å²) >= 11 is 0. The molecule has 0 radical (unpaired) electrons. The fourth-order valence-corrected chi connectivity index (χ4v) is 2.52. The van der Waals surface area contributed by atoms with Gasteiger partial charge in [-0.15, -0.1) is 13.2 Å². The van der Waals surface area contributed by atoms with Gasteiger partial charge in [0.15, 0.2) is 0 Å². The number of ether oxygens (including phenoxy) is 1. The monoisotopic (exact) mass is 382 g/mol. The Bertz CT molecular complexity index is 775. The molecule has 146 valence electrons. The zero-order chi connectivity index (χ0) is 20.0. The van der Waals surface area contributed by atoms with Gasteiger partial charge in [0.25, 0.3) is 0 Å². The first-order valence-corrected chi connectivity index (χ1v) is 8.34. The van der Waals surface area contributed by atoms with E-state index >= 15 is 0 Å². The number of halogens is 3. The maximum absolute atomic E-state index is 12.1. The van der Waals surface area contributed by atoms with Crippen molar-refractivity contribution in [2.45, 2.75) is 33.2 Å². The van der Waals surface area contributed by atoms with Crippen molar-refractivity contribution in [2.24, 2.45) is 5.92 Å². The lowest BCUT2D eigenvalue weighted by molar-refractivity contribution is -0.274. The summed E-state index contributed by atoms with van der Waals surface area (Å²) in [6, 6.07) is 9.44. The van der Waals surface area contributed by atoms with Crippen molar-refractivity contribution < 1.29 is 27.8 Å². The second kappa shape index (κ2) is 8.66. The van der Waals surface area contributed by atoms with Gasteiger partial charge >= 0.3 is 12.4 Å². The van der Waals surface area contributed by atoms with Crippen LogP contribution in [-0.4, -0.2) is 17.5 Å². The molecule has 0 saturated carbocycles. The van der Waals surface area contributed by atoms with Crippen LogP contribution in [0.4, 0.5) is 23.7 Å². The van der Waals surface area contributed by atoms with Crippen molar-refractivity contribution in [1.29, 1.82) is 0 Å². The van der Waals surface area contributed by atoms with Crippen molar-refractivity contribution in [3.8, 4) is 11.5 Å². The van der Waals surface area contributed by atoms with E-state index in [2.05, 4.69) is 15.4 Å². The van der Waals surface area contributed by atoms with Crippen LogP contribution in [0.1, 0.15) is 25.0 Å². The molecule has 2 aromatic carbocycles. The molecule has 2 aromatic rings. The van der Waals surface area contributed by atoms with Crippen molar-refractivity contribution >= 4 is 11.7 Å². The van der Waals surface area contributed by atoms with Crippen molar-refractivity contribution in [2.75, 3.05) is 5.32 Å². The van der Waals surface area contributed by atoms with E-state index in [0.29, 0.717) is 18.0 Å². The van der Waals surface area contributed by atoms with Crippen LogP contribution < -0.4 is 15.4 Å². The summed E-state index contributed by atoms with van der Waals surface area (Å²) in [4.78, 5) is 12.0. The van der Waals surface area contributed by atoms with E-state index in [9.17, 15) is 23.1 Å². The Morgan fingerprint density at radius 1 is 1.15 bits per heavy atom. The number of aromatic hydroxyl groups is 1. The molecular formula is C19H21F3N2O3. The highest BCUT2D eigenvalue weighted by Crippen LogP contribution is 2.25. The molecule has 0 bridgehead atoms. The number of benzene rings is 2. The van der Waals surface area contributed by atoms with Gasteiger partial charge in [-0.25, -0.2) is 4.79 Å². The first-order valence-electron chi connectivity index (χ1n) is 8.34. The molecule has 0 fully saturated rings. The number of amides is 2. The number of carbonyl (C=O) groups is 1. The van der Waals surface area contributed by atoms with Gasteiger partial charge < -0.3 is 20.5 Å². The highest BCUT2D eigenvalue weighted by Gasteiger charge is 2.30. The lowest BCUT2D eigenvalue weighted by Crippen LogP contribution is -2.28. The van der Waals surface area contributed by atoms with E-state index in [0.717, 1.165) is 23.3 Å². The topological polar surface area (TPSA) is 70.6 Å². The summed E-state index contributed by atoms with van der Waals surface area (Å²) in [7, 11) is 0. The van der Waals surface area contributed by atoms with E-state index in [4.69, 9.17) is 0 Å². The molecular weight excluding hydrogens is 361 g/mol. The second-order valence-corrected chi connectivity index (χ2v) is 6.39. The van der Waals surface area contributed by atoms with Gasteiger partial charge in [-0.1, -0.05) is 26.0 Å². The average Bonchev–Trinajstić information content (AvgIpc) is 2.55. The van der Waals surface area contributed by atoms with Crippen LogP contribution in [0.15, 0.2) is 42.5 Å². The fraction of sp³-hybridized carbons (Fsp3) is 0.316. The van der Waals surface area contributed by atoms with E-state index in [-0.39, 0.29) is 18.0 Å². The third-order valence-electron chi connectivity index (χ3n) is 3.65. The Hall–Kier alpha value is -2.90. The number of hydrogen-bond acceptors (Lipinski definition) is 3. The van der Waals surface area contributed by atoms with Gasteiger partial charge in [0, 0.05) is 12.2 Å². The van der Waals surface area contributed by atoms with Crippen LogP contribution in [0, 0.1) is 5.92 Å². The zero-order valence-corrected chi connectivity index (χ0v) is 14.9. The molecule has 0 aliphatic heterocycles. The maximum Gasteiger partial charge on any atom is 0.573 e. The Morgan fingerprint density at radius 2 is 1.81 bits per heavy atom. The minimum absolute atomic E-state index is 0.184. The smallest absolute Gasteiger partial charge is 0.508 e. The minimum Gasteiger partial charge on any atom is -0.508 e. The molecule has 2 amide bonds. The minimum atomic E-state index is -4.76. The molecule has 0 aliphatic rings. The average molecular weight is 382 g/mol. The molecule has 3 N–H and O–H groups in total. The van der Waals surface area contributed by atoms with Gasteiger partial charge in [0.05, 0.1) is 0 Å². The molecule has 0 spiro atoms. The summed E-state index contributed by atoms with van der Waals surface area (Å²) in [5.74, 6) is 0.151. The van der Waals surface area contributed by atoms with Gasteiger partial charge in [-0.05, 0) is 53.8 Å². The molecule has 0 heterocycles. The first kappa shape index (κ1) is 20.4. The lowest BCUT2D eigenvalue weighted by atomic mass is 9.97. The molecule has 27 heavy (non-hydrogen) atoms. The number of phenols is 1. The number of hydrogen-bond donors (Lipinski definition) is 3. The van der Waals surface area contributed by atoms with Crippen molar-refractivity contribution in [3.63, 3.8) is 0 Å². The van der Waals surface area contributed by atoms with Crippen LogP contribution >= 0.6 is 0 Å². The highest BCUT2D eigenvalue weighted by atomic mass is 19.4. The highest BCUT2D eigenvalue weighted by molar-refractivity contribution is 5.89. The van der Waals surface area contributed by atoms with Crippen LogP contribution in [-0.2, 0) is 13.0 Å². The number of carbonyl (C=O) groups excluding carboxylic acids is 1. The van der Waals surface area contributed by atoms with Crippen LogP contribution in [0.5, 0.6) is 11.5 Å². The fourth-order valence-electron chi connectivity index (χ4n) is 2.52. The van der Waals surface area contributed by atoms with Crippen LogP contribution in [0.2, 0.25) is 0 Å². The van der Waals surface area contributed by atoms with Crippen LogP contribution in [0.3, 0.4) is 0 Å². The normalized spacial score (nSPS) is 11.3. The van der Waals surface area contributed by atoms with E-state index in [1.165, 1.54) is 12.1 Å². The molecule has 0 aromatic heterocycles. The van der Waals surface area contributed by atoms with E-state index in [1.807, 2.05) is 19.9 Å². The van der Waals surface area contributed by atoms with Gasteiger partial charge in [0.1, 0.15) is 11.5 Å². The summed E-state index contributed by atoms with van der Waals surface area (Å²) in [5.41, 5.74) is 1.90. The number of alkyl halides is 3. The Balaban J connectivity index is 1.94. The summed E-state index contributed by atoms with van der Waals surface area (Å²) in [6.45, 7) is 4.27. The molecule has 2 rings (SSSR count). The van der Waals surface area contributed by atoms with Crippen molar-refractivity contribution in [3.05, 3.63) is 53.6 Å². The van der Waals surface area contributed by atoms with Crippen LogP contribution in [0.25, 0.3) is 0 Å². The molecule has 0 saturated heterocycles. The number of anilines is 1. The molecule has 0 atom stereocenters. The first-order chi connectivity index (χ1) is 12.6. The molecule has 0 aliphatic carbocycles. The maximum atomic E-state index is 12.1. The van der Waals surface area contributed by atoms with E-state index < -0.39 is 12.4 Å². The third-order valence-corrected chi connectivity index (χ3v) is 3.65. The molecule has 0 unspecified atom stereocenters. The number of rotatable bonds is 6. The summed E-state index contributed by atoms with van der Waals surface area (Å²) in [5, 5.41) is 15.2. The standard InChI is InChI=1S/C19H21F3N2O3/c1-12(2)10-16-13(4-3-5-17(16)25)11-23-18(26)24-14-6-8-15(9-7-14)27-19(20,21)22/h3-9,12,25H,10-11H2,1-2H3,(H2,23,24,26). The second-order valence-electron chi connectivity index (χ2n) is 6.39. The quantitative estimate of drug-likeness (QED) is 0.671. The molecule has 5 nitrogen and oxygen atoms in total. The number of nitrogens with one attached hydrogen (secondary N) is 2. The number of phenolic OH excluding ortho intramolecular Hbond substituents is 1. The Morgan fingerprint density at radius 3 is 2.41 bits per heavy atom. The Kier molecular flexibility index (Phi) is 6.55. The third kappa shape index (κ3) is 6.73. The summed E-state index contributed by atoms with van der Waals surface area (Å²) < 4.78 is 40.2. The predicted molar refractivity (Wildman–Crippen MR) is 95.6 cm³/mol. The van der Waals surface area contributed by atoms with Gasteiger partial charge in [0.2, 0.25) is 0 Å². The summed E-state index contributed by atoms with van der Waals surface area (Å²) in [6.07, 6.45) is -4.09. The molecule has 8 heteroatoms.